The summed E-state index contributed by atoms with van der Waals surface area (Å²) in [5.74, 6) is -0.170. The Morgan fingerprint density at radius 2 is 2.05 bits per heavy atom. The van der Waals surface area contributed by atoms with Gasteiger partial charge in [-0.05, 0) is 63.0 Å². The maximum Gasteiger partial charge on any atom is 0.142 e. The number of hydrogen-bond donors (Lipinski definition) is 1. The molecular formula is C15H16Br2FNS. The molecule has 2 aromatic rings. The molecule has 0 bridgehead atoms. The first-order valence-corrected chi connectivity index (χ1v) is 8.93. The Bertz CT molecular complexity index is 571. The number of hydrogen-bond acceptors (Lipinski definition) is 2. The van der Waals surface area contributed by atoms with Crippen LogP contribution in [0.5, 0.6) is 0 Å². The summed E-state index contributed by atoms with van der Waals surface area (Å²) in [6.07, 6.45) is 1.82. The number of thiophene rings is 1. The first kappa shape index (κ1) is 16.1. The fraction of sp³-hybridized carbons (Fsp3) is 0.333. The molecule has 1 aromatic heterocycles. The second kappa shape index (κ2) is 7.69. The van der Waals surface area contributed by atoms with E-state index in [4.69, 9.17) is 0 Å². The van der Waals surface area contributed by atoms with Gasteiger partial charge >= 0.3 is 0 Å². The van der Waals surface area contributed by atoms with Crippen LogP contribution in [0.2, 0.25) is 0 Å². The second-order valence-corrected chi connectivity index (χ2v) is 7.96. The Hall–Kier alpha value is -0.230. The maximum atomic E-state index is 14.3. The quantitative estimate of drug-likeness (QED) is 0.632. The summed E-state index contributed by atoms with van der Waals surface area (Å²) in [6, 6.07) is 9.60. The lowest BCUT2D eigenvalue weighted by molar-refractivity contribution is 0.497. The molecule has 1 nitrogen and oxygen atoms in total. The zero-order valence-electron chi connectivity index (χ0n) is 11.1. The van der Waals surface area contributed by atoms with Crippen molar-refractivity contribution < 1.29 is 4.39 Å². The Kier molecular flexibility index (Phi) is 6.20. The molecule has 1 aromatic carbocycles. The largest absolute Gasteiger partial charge is 0.310 e. The number of nitrogens with one attached hydrogen (secondary N) is 1. The van der Waals surface area contributed by atoms with E-state index >= 15 is 0 Å². The van der Waals surface area contributed by atoms with Crippen LogP contribution in [-0.2, 0) is 6.42 Å². The average molecular weight is 421 g/mol. The third kappa shape index (κ3) is 4.13. The predicted molar refractivity (Wildman–Crippen MR) is 90.9 cm³/mol. The van der Waals surface area contributed by atoms with Crippen LogP contribution >= 0.6 is 43.2 Å². The van der Waals surface area contributed by atoms with Crippen molar-refractivity contribution in [2.45, 2.75) is 25.8 Å². The van der Waals surface area contributed by atoms with Crippen LogP contribution in [0, 0.1) is 5.82 Å². The molecule has 5 heteroatoms. The van der Waals surface area contributed by atoms with Crippen LogP contribution in [0.3, 0.4) is 0 Å². The summed E-state index contributed by atoms with van der Waals surface area (Å²) in [4.78, 5) is 1.24. The highest BCUT2D eigenvalue weighted by Crippen LogP contribution is 2.30. The van der Waals surface area contributed by atoms with Gasteiger partial charge in [0.05, 0.1) is 8.26 Å². The van der Waals surface area contributed by atoms with Crippen molar-refractivity contribution in [3.63, 3.8) is 0 Å². The summed E-state index contributed by atoms with van der Waals surface area (Å²) < 4.78 is 15.9. The van der Waals surface area contributed by atoms with Crippen molar-refractivity contribution >= 4 is 43.2 Å². The summed E-state index contributed by atoms with van der Waals surface area (Å²) in [6.45, 7) is 2.99. The van der Waals surface area contributed by atoms with Crippen molar-refractivity contribution in [1.82, 2.24) is 5.32 Å². The Labute approximate surface area is 139 Å². The molecule has 0 amide bonds. The lowest BCUT2D eigenvalue weighted by atomic mass is 10.0. The van der Waals surface area contributed by atoms with Gasteiger partial charge in [-0.25, -0.2) is 4.39 Å². The molecule has 0 fully saturated rings. The van der Waals surface area contributed by atoms with Crippen molar-refractivity contribution in [1.29, 1.82) is 0 Å². The summed E-state index contributed by atoms with van der Waals surface area (Å²) in [7, 11) is 0. The normalized spacial score (nSPS) is 12.6. The molecule has 1 atom stereocenters. The van der Waals surface area contributed by atoms with Gasteiger partial charge in [0.25, 0.3) is 0 Å². The van der Waals surface area contributed by atoms with E-state index in [-0.39, 0.29) is 11.9 Å². The molecule has 0 spiro atoms. The van der Waals surface area contributed by atoms with Crippen LogP contribution < -0.4 is 5.32 Å². The average Bonchev–Trinajstić information content (AvgIpc) is 2.83. The smallest absolute Gasteiger partial charge is 0.142 e. The maximum absolute atomic E-state index is 14.3. The van der Waals surface area contributed by atoms with Gasteiger partial charge in [0, 0.05) is 22.9 Å². The molecule has 0 radical (unpaired) electrons. The molecule has 1 unspecified atom stereocenters. The summed E-state index contributed by atoms with van der Waals surface area (Å²) in [5, 5.41) is 3.44. The molecule has 0 aliphatic heterocycles. The lowest BCUT2D eigenvalue weighted by Crippen LogP contribution is -2.24. The highest BCUT2D eigenvalue weighted by Gasteiger charge is 2.18. The van der Waals surface area contributed by atoms with Gasteiger partial charge in [-0.3, -0.25) is 0 Å². The van der Waals surface area contributed by atoms with Crippen molar-refractivity contribution in [3.05, 3.63) is 54.8 Å². The first-order chi connectivity index (χ1) is 9.61. The highest BCUT2D eigenvalue weighted by atomic mass is 79.9. The van der Waals surface area contributed by atoms with E-state index in [1.807, 2.05) is 18.2 Å². The number of halogens is 3. The second-order valence-electron chi connectivity index (χ2n) is 4.56. The molecular weight excluding hydrogens is 405 g/mol. The van der Waals surface area contributed by atoms with E-state index < -0.39 is 0 Å². The van der Waals surface area contributed by atoms with Gasteiger partial charge in [0.2, 0.25) is 0 Å². The van der Waals surface area contributed by atoms with Crippen LogP contribution in [0.4, 0.5) is 4.39 Å². The third-order valence-electron chi connectivity index (χ3n) is 3.03. The molecule has 0 saturated carbocycles. The molecule has 0 saturated heterocycles. The molecule has 1 N–H and O–H groups in total. The van der Waals surface area contributed by atoms with Crippen LogP contribution in [-0.4, -0.2) is 6.54 Å². The summed E-state index contributed by atoms with van der Waals surface area (Å²) >= 11 is 8.43. The van der Waals surface area contributed by atoms with E-state index in [0.29, 0.717) is 4.47 Å². The highest BCUT2D eigenvalue weighted by molar-refractivity contribution is 9.11. The van der Waals surface area contributed by atoms with Crippen LogP contribution in [0.1, 0.15) is 29.8 Å². The first-order valence-electron chi connectivity index (χ1n) is 6.53. The van der Waals surface area contributed by atoms with Crippen molar-refractivity contribution in [2.24, 2.45) is 0 Å². The molecule has 0 aliphatic carbocycles. The minimum absolute atomic E-state index is 0.00185. The van der Waals surface area contributed by atoms with Gasteiger partial charge < -0.3 is 5.32 Å². The van der Waals surface area contributed by atoms with Gasteiger partial charge in [-0.1, -0.05) is 19.1 Å². The number of benzene rings is 1. The van der Waals surface area contributed by atoms with Gasteiger partial charge in [-0.2, -0.15) is 0 Å². The Morgan fingerprint density at radius 1 is 1.25 bits per heavy atom. The van der Waals surface area contributed by atoms with E-state index in [1.54, 1.807) is 17.4 Å². The zero-order valence-corrected chi connectivity index (χ0v) is 15.1. The van der Waals surface area contributed by atoms with Gasteiger partial charge in [0.15, 0.2) is 0 Å². The SMILES string of the molecule is CCCNC(Cc1ccc(Br)s1)c1cccc(Br)c1F. The minimum atomic E-state index is -0.170. The van der Waals surface area contributed by atoms with Crippen LogP contribution in [0.25, 0.3) is 0 Å². The topological polar surface area (TPSA) is 12.0 Å². The monoisotopic (exact) mass is 419 g/mol. The standard InChI is InChI=1S/C15H16Br2FNS/c1-2-8-19-13(9-10-6-7-14(17)20-10)11-4-3-5-12(16)15(11)18/h3-7,13,19H,2,8-9H2,1H3. The van der Waals surface area contributed by atoms with E-state index in [1.165, 1.54) is 4.88 Å². The fourth-order valence-corrected chi connectivity index (χ4v) is 3.97. The summed E-state index contributed by atoms with van der Waals surface area (Å²) in [5.41, 5.74) is 0.720. The van der Waals surface area contributed by atoms with Crippen molar-refractivity contribution in [2.75, 3.05) is 6.54 Å². The molecule has 108 valence electrons. The van der Waals surface area contributed by atoms with E-state index in [2.05, 4.69) is 50.2 Å². The van der Waals surface area contributed by atoms with E-state index in [0.717, 1.165) is 28.7 Å². The third-order valence-corrected chi connectivity index (χ3v) is 5.29. The van der Waals surface area contributed by atoms with Crippen LogP contribution in [0.15, 0.2) is 38.6 Å². The zero-order chi connectivity index (χ0) is 14.5. The van der Waals surface area contributed by atoms with Gasteiger partial charge in [0.1, 0.15) is 5.82 Å². The Morgan fingerprint density at radius 3 is 2.70 bits per heavy atom. The molecule has 20 heavy (non-hydrogen) atoms. The molecule has 1 heterocycles. The number of rotatable bonds is 6. The lowest BCUT2D eigenvalue weighted by Gasteiger charge is -2.19. The molecule has 2 rings (SSSR count). The predicted octanol–water partition coefficient (Wildman–Crippen LogP) is 5.70. The van der Waals surface area contributed by atoms with E-state index in [9.17, 15) is 4.39 Å². The fourth-order valence-electron chi connectivity index (χ4n) is 2.06. The molecule has 0 aliphatic rings. The van der Waals surface area contributed by atoms with Gasteiger partial charge in [-0.15, -0.1) is 11.3 Å². The minimum Gasteiger partial charge on any atom is -0.310 e. The van der Waals surface area contributed by atoms with Crippen molar-refractivity contribution in [3.8, 4) is 0 Å². The Balaban J connectivity index is 2.24.